The van der Waals surface area contributed by atoms with Crippen LogP contribution in [0.25, 0.3) is 0 Å². The van der Waals surface area contributed by atoms with E-state index in [4.69, 9.17) is 14.2 Å². The van der Waals surface area contributed by atoms with Crippen molar-refractivity contribution >= 4 is 0 Å². The topological polar surface area (TPSA) is 31.0 Å². The highest BCUT2D eigenvalue weighted by atomic mass is 16.7. The predicted octanol–water partition coefficient (Wildman–Crippen LogP) is 1.62. The third kappa shape index (κ3) is 1.30. The first-order valence-electron chi connectivity index (χ1n) is 4.38. The van der Waals surface area contributed by atoms with Gasteiger partial charge in [-0.2, -0.15) is 0 Å². The maximum Gasteiger partial charge on any atom is 0.189 e. The molecule has 68 valence electrons. The van der Waals surface area contributed by atoms with Crippen LogP contribution in [0.15, 0.2) is 18.2 Å². The summed E-state index contributed by atoms with van der Waals surface area (Å²) in [6, 6.07) is 6.16. The van der Waals surface area contributed by atoms with Crippen LogP contribution in [-0.4, -0.2) is 13.4 Å². The van der Waals surface area contributed by atoms with Gasteiger partial charge in [-0.15, -0.1) is 0 Å². The molecule has 0 unspecified atom stereocenters. The van der Waals surface area contributed by atoms with E-state index >= 15 is 0 Å². The molecule has 0 aliphatic carbocycles. The number of epoxide rings is 1. The summed E-state index contributed by atoms with van der Waals surface area (Å²) in [6.07, 6.45) is 0.312. The van der Waals surface area contributed by atoms with Crippen LogP contribution in [0.4, 0.5) is 0 Å². The van der Waals surface area contributed by atoms with Crippen LogP contribution in [0, 0.1) is 0 Å². The summed E-state index contributed by atoms with van der Waals surface area (Å²) in [4.78, 5) is 0. The van der Waals surface area contributed by atoms with E-state index in [1.807, 2.05) is 6.07 Å². The van der Waals surface area contributed by atoms with E-state index in [0.29, 0.717) is 19.5 Å². The van der Waals surface area contributed by atoms with Crippen LogP contribution in [0.1, 0.15) is 17.2 Å². The van der Waals surface area contributed by atoms with Crippen molar-refractivity contribution in [1.29, 1.82) is 0 Å². The van der Waals surface area contributed by atoms with Gasteiger partial charge in [-0.25, -0.2) is 0 Å². The van der Waals surface area contributed by atoms with Gasteiger partial charge in [0.25, 0.3) is 0 Å². The van der Waals surface area contributed by atoms with Crippen LogP contribution >= 0.6 is 0 Å². The van der Waals surface area contributed by atoms with E-state index in [1.165, 1.54) is 5.56 Å². The van der Waals surface area contributed by atoms with Gasteiger partial charge in [0.2, 0.25) is 0 Å². The van der Waals surface area contributed by atoms with Gasteiger partial charge in [0, 0.05) is 5.56 Å². The van der Waals surface area contributed by atoms with Gasteiger partial charge < -0.3 is 14.2 Å². The monoisotopic (exact) mass is 178 g/mol. The van der Waals surface area contributed by atoms with Crippen LogP contribution in [0.5, 0.6) is 5.75 Å². The van der Waals surface area contributed by atoms with Crippen LogP contribution in [0.3, 0.4) is 0 Å². The average Bonchev–Trinajstić information content (AvgIpc) is 3.00. The minimum atomic E-state index is 0.312. The molecule has 3 nitrogen and oxygen atoms in total. The van der Waals surface area contributed by atoms with Crippen molar-refractivity contribution in [1.82, 2.24) is 0 Å². The average molecular weight is 178 g/mol. The minimum absolute atomic E-state index is 0.312. The fraction of sp³-hybridized carbons (Fsp3) is 0.400. The second-order valence-corrected chi connectivity index (χ2v) is 3.30. The number of ether oxygens (including phenoxy) is 3. The highest BCUT2D eigenvalue weighted by Crippen LogP contribution is 2.33. The molecule has 0 bridgehead atoms. The third-order valence-corrected chi connectivity index (χ3v) is 2.34. The summed E-state index contributed by atoms with van der Waals surface area (Å²) in [5.74, 6) is 0.940. The Morgan fingerprint density at radius 2 is 2.23 bits per heavy atom. The van der Waals surface area contributed by atoms with Crippen LogP contribution in [0.2, 0.25) is 0 Å². The van der Waals surface area contributed by atoms with Gasteiger partial charge in [-0.05, 0) is 17.7 Å². The van der Waals surface area contributed by atoms with E-state index in [9.17, 15) is 0 Å². The SMILES string of the molecule is c1cc2c(cc1[C@@H]1CO1)COCO2. The smallest absolute Gasteiger partial charge is 0.189 e. The molecular weight excluding hydrogens is 168 g/mol. The maximum absolute atomic E-state index is 5.32. The molecule has 3 rings (SSSR count). The van der Waals surface area contributed by atoms with E-state index in [0.717, 1.165) is 17.9 Å². The molecule has 0 spiro atoms. The Bertz CT molecular complexity index is 331. The Morgan fingerprint density at radius 1 is 1.31 bits per heavy atom. The highest BCUT2D eigenvalue weighted by Gasteiger charge is 2.25. The van der Waals surface area contributed by atoms with Gasteiger partial charge >= 0.3 is 0 Å². The Labute approximate surface area is 76.2 Å². The van der Waals surface area contributed by atoms with Crippen molar-refractivity contribution in [2.75, 3.05) is 13.4 Å². The van der Waals surface area contributed by atoms with Gasteiger partial charge in [-0.1, -0.05) is 6.07 Å². The van der Waals surface area contributed by atoms with Crippen molar-refractivity contribution in [3.8, 4) is 5.75 Å². The molecule has 1 fully saturated rings. The largest absolute Gasteiger partial charge is 0.467 e. The van der Waals surface area contributed by atoms with Crippen molar-refractivity contribution in [3.63, 3.8) is 0 Å². The molecule has 0 amide bonds. The summed E-state index contributed by atoms with van der Waals surface area (Å²) >= 11 is 0. The lowest BCUT2D eigenvalue weighted by atomic mass is 10.1. The van der Waals surface area contributed by atoms with Crippen molar-refractivity contribution < 1.29 is 14.2 Å². The maximum atomic E-state index is 5.32. The lowest BCUT2D eigenvalue weighted by Gasteiger charge is -2.17. The normalized spacial score (nSPS) is 24.8. The standard InChI is InChI=1S/C10H10O3/c1-2-9-8(4-11-6-13-9)3-7(1)10-5-12-10/h1-3,10H,4-6H2/t10-/m0/s1. The number of hydrogen-bond acceptors (Lipinski definition) is 3. The molecule has 2 aliphatic heterocycles. The summed E-state index contributed by atoms with van der Waals surface area (Å²) in [6.45, 7) is 1.86. The molecule has 0 aromatic heterocycles. The molecule has 1 aromatic rings. The fourth-order valence-electron chi connectivity index (χ4n) is 1.55. The van der Waals surface area contributed by atoms with E-state index in [1.54, 1.807) is 0 Å². The lowest BCUT2D eigenvalue weighted by Crippen LogP contribution is -2.11. The molecule has 3 heteroatoms. The fourth-order valence-corrected chi connectivity index (χ4v) is 1.55. The first-order chi connectivity index (χ1) is 6.43. The molecule has 0 radical (unpaired) electrons. The minimum Gasteiger partial charge on any atom is -0.467 e. The molecular formula is C10H10O3. The molecule has 2 heterocycles. The summed E-state index contributed by atoms with van der Waals surface area (Å²) in [5.41, 5.74) is 2.35. The molecule has 13 heavy (non-hydrogen) atoms. The van der Waals surface area contributed by atoms with Crippen molar-refractivity contribution in [2.45, 2.75) is 12.7 Å². The first kappa shape index (κ1) is 7.35. The summed E-state index contributed by atoms with van der Waals surface area (Å²) in [7, 11) is 0. The Morgan fingerprint density at radius 3 is 3.08 bits per heavy atom. The quantitative estimate of drug-likeness (QED) is 0.612. The Hall–Kier alpha value is -1.06. The van der Waals surface area contributed by atoms with E-state index in [-0.39, 0.29) is 0 Å². The number of fused-ring (bicyclic) bond motifs is 1. The zero-order chi connectivity index (χ0) is 8.67. The Kier molecular flexibility index (Phi) is 1.54. The predicted molar refractivity (Wildman–Crippen MR) is 45.4 cm³/mol. The number of rotatable bonds is 1. The van der Waals surface area contributed by atoms with Gasteiger partial charge in [0.15, 0.2) is 6.79 Å². The van der Waals surface area contributed by atoms with Gasteiger partial charge in [0.1, 0.15) is 11.9 Å². The molecule has 0 N–H and O–H groups in total. The first-order valence-corrected chi connectivity index (χ1v) is 4.38. The lowest BCUT2D eigenvalue weighted by molar-refractivity contribution is -0.0164. The second kappa shape index (κ2) is 2.72. The number of benzene rings is 1. The second-order valence-electron chi connectivity index (χ2n) is 3.30. The van der Waals surface area contributed by atoms with E-state index < -0.39 is 0 Å². The highest BCUT2D eigenvalue weighted by molar-refractivity contribution is 5.39. The summed E-state index contributed by atoms with van der Waals surface area (Å²) < 4.78 is 15.7. The van der Waals surface area contributed by atoms with E-state index in [2.05, 4.69) is 12.1 Å². The van der Waals surface area contributed by atoms with Gasteiger partial charge in [-0.3, -0.25) is 0 Å². The molecule has 1 aromatic carbocycles. The number of hydrogen-bond donors (Lipinski definition) is 0. The molecule has 0 saturated carbocycles. The molecule has 1 saturated heterocycles. The van der Waals surface area contributed by atoms with Crippen LogP contribution in [-0.2, 0) is 16.1 Å². The summed E-state index contributed by atoms with van der Waals surface area (Å²) in [5, 5.41) is 0. The van der Waals surface area contributed by atoms with Crippen molar-refractivity contribution in [3.05, 3.63) is 29.3 Å². The zero-order valence-electron chi connectivity index (χ0n) is 7.16. The molecule has 1 atom stereocenters. The van der Waals surface area contributed by atoms with Crippen molar-refractivity contribution in [2.24, 2.45) is 0 Å². The third-order valence-electron chi connectivity index (χ3n) is 2.34. The van der Waals surface area contributed by atoms with Crippen LogP contribution < -0.4 is 4.74 Å². The molecule has 2 aliphatic rings. The Balaban J connectivity index is 1.98. The zero-order valence-corrected chi connectivity index (χ0v) is 7.16. The van der Waals surface area contributed by atoms with Gasteiger partial charge in [0.05, 0.1) is 13.2 Å².